The Labute approximate surface area is 132 Å². The number of benzene rings is 2. The van der Waals surface area contributed by atoms with E-state index in [0.29, 0.717) is 11.1 Å². The van der Waals surface area contributed by atoms with Crippen molar-refractivity contribution in [2.45, 2.75) is 39.5 Å². The van der Waals surface area contributed by atoms with Crippen LogP contribution in [-0.2, 0) is 6.54 Å². The Hall–Kier alpha value is -1.51. The number of halogens is 1. The summed E-state index contributed by atoms with van der Waals surface area (Å²) in [5.74, 6) is 0. The van der Waals surface area contributed by atoms with Crippen molar-refractivity contribution in [3.8, 4) is 0 Å². The molecule has 0 spiro atoms. The summed E-state index contributed by atoms with van der Waals surface area (Å²) in [6.07, 6.45) is -0.502. The Balaban J connectivity index is 2.30. The summed E-state index contributed by atoms with van der Waals surface area (Å²) in [4.78, 5) is 2.27. The number of aliphatic hydroxyl groups is 1. The quantitative estimate of drug-likeness (QED) is 0.857. The van der Waals surface area contributed by atoms with Gasteiger partial charge in [-0.2, -0.15) is 0 Å². The molecule has 112 valence electrons. The smallest absolute Gasteiger partial charge is 0.0762 e. The highest BCUT2D eigenvalue weighted by molar-refractivity contribution is 6.33. The molecule has 0 radical (unpaired) electrons. The average molecular weight is 304 g/mol. The van der Waals surface area contributed by atoms with E-state index in [1.165, 1.54) is 5.56 Å². The minimum absolute atomic E-state index is 0.333. The van der Waals surface area contributed by atoms with E-state index in [-0.39, 0.29) is 0 Å². The van der Waals surface area contributed by atoms with Crippen LogP contribution in [0.3, 0.4) is 0 Å². The predicted molar refractivity (Wildman–Crippen MR) is 89.8 cm³/mol. The van der Waals surface area contributed by atoms with Gasteiger partial charge >= 0.3 is 0 Å². The van der Waals surface area contributed by atoms with Gasteiger partial charge in [0.1, 0.15) is 0 Å². The fourth-order valence-electron chi connectivity index (χ4n) is 2.34. The van der Waals surface area contributed by atoms with Crippen LogP contribution in [0.1, 0.15) is 38.0 Å². The first-order valence-corrected chi connectivity index (χ1v) is 7.65. The van der Waals surface area contributed by atoms with Crippen LogP contribution < -0.4 is 4.90 Å². The van der Waals surface area contributed by atoms with Crippen molar-refractivity contribution in [2.24, 2.45) is 0 Å². The molecule has 2 rings (SSSR count). The van der Waals surface area contributed by atoms with E-state index in [4.69, 9.17) is 11.6 Å². The standard InChI is InChI=1S/C18H22ClNO/c1-13(2)20(12-15-7-5-4-6-8-15)18-10-9-16(14(3)21)11-17(18)19/h4-11,13-14,21H,12H2,1-3H3/t14-/m0/s1. The molecule has 0 saturated carbocycles. The number of anilines is 1. The minimum Gasteiger partial charge on any atom is -0.389 e. The second-order valence-corrected chi connectivity index (χ2v) is 6.00. The number of aliphatic hydroxyl groups excluding tert-OH is 1. The molecule has 0 fully saturated rings. The Kier molecular flexibility index (Phi) is 5.27. The van der Waals surface area contributed by atoms with Crippen LogP contribution in [0, 0.1) is 0 Å². The summed E-state index contributed by atoms with van der Waals surface area (Å²) < 4.78 is 0. The lowest BCUT2D eigenvalue weighted by Crippen LogP contribution is -2.30. The number of hydrogen-bond acceptors (Lipinski definition) is 2. The summed E-state index contributed by atoms with van der Waals surface area (Å²) >= 11 is 6.43. The average Bonchev–Trinajstić information content (AvgIpc) is 2.46. The summed E-state index contributed by atoms with van der Waals surface area (Å²) in [5.41, 5.74) is 3.09. The van der Waals surface area contributed by atoms with E-state index in [1.807, 2.05) is 36.4 Å². The number of nitrogens with zero attached hydrogens (tertiary/aromatic N) is 1. The molecule has 0 aromatic heterocycles. The van der Waals surface area contributed by atoms with Gasteiger partial charge in [-0.25, -0.2) is 0 Å². The van der Waals surface area contributed by atoms with E-state index in [2.05, 4.69) is 30.9 Å². The zero-order chi connectivity index (χ0) is 15.4. The molecule has 0 aliphatic carbocycles. The lowest BCUT2D eigenvalue weighted by molar-refractivity contribution is 0.199. The first-order chi connectivity index (χ1) is 9.99. The van der Waals surface area contributed by atoms with E-state index in [9.17, 15) is 5.11 Å². The van der Waals surface area contributed by atoms with Crippen molar-refractivity contribution < 1.29 is 5.11 Å². The second kappa shape index (κ2) is 6.97. The summed E-state index contributed by atoms with van der Waals surface area (Å²) in [5, 5.41) is 10.3. The van der Waals surface area contributed by atoms with Gasteiger partial charge in [0.25, 0.3) is 0 Å². The third-order valence-electron chi connectivity index (χ3n) is 3.58. The van der Waals surface area contributed by atoms with Crippen LogP contribution in [-0.4, -0.2) is 11.1 Å². The van der Waals surface area contributed by atoms with Gasteiger partial charge in [-0.15, -0.1) is 0 Å². The third kappa shape index (κ3) is 3.99. The Morgan fingerprint density at radius 3 is 2.24 bits per heavy atom. The maximum Gasteiger partial charge on any atom is 0.0762 e. The molecule has 0 bridgehead atoms. The maximum absolute atomic E-state index is 9.65. The van der Waals surface area contributed by atoms with Crippen molar-refractivity contribution in [3.63, 3.8) is 0 Å². The molecule has 1 N–H and O–H groups in total. The Bertz CT molecular complexity index is 581. The molecule has 21 heavy (non-hydrogen) atoms. The summed E-state index contributed by atoms with van der Waals surface area (Å²) in [7, 11) is 0. The van der Waals surface area contributed by atoms with Crippen molar-refractivity contribution >= 4 is 17.3 Å². The normalized spacial score (nSPS) is 12.5. The zero-order valence-corrected chi connectivity index (χ0v) is 13.5. The summed E-state index contributed by atoms with van der Waals surface area (Å²) in [6, 6.07) is 16.5. The van der Waals surface area contributed by atoms with Crippen LogP contribution in [0.25, 0.3) is 0 Å². The lowest BCUT2D eigenvalue weighted by Gasteiger charge is -2.30. The van der Waals surface area contributed by atoms with E-state index >= 15 is 0 Å². The summed E-state index contributed by atoms with van der Waals surface area (Å²) in [6.45, 7) is 6.87. The van der Waals surface area contributed by atoms with Crippen molar-refractivity contribution in [2.75, 3.05) is 4.90 Å². The maximum atomic E-state index is 9.65. The van der Waals surface area contributed by atoms with Crippen LogP contribution in [0.2, 0.25) is 5.02 Å². The fraction of sp³-hybridized carbons (Fsp3) is 0.333. The van der Waals surface area contributed by atoms with Crippen LogP contribution in [0.5, 0.6) is 0 Å². The Morgan fingerprint density at radius 2 is 1.71 bits per heavy atom. The van der Waals surface area contributed by atoms with Gasteiger partial charge in [0.15, 0.2) is 0 Å². The molecule has 0 aliphatic heterocycles. The molecule has 0 unspecified atom stereocenters. The topological polar surface area (TPSA) is 23.5 Å². The zero-order valence-electron chi connectivity index (χ0n) is 12.8. The molecule has 1 atom stereocenters. The second-order valence-electron chi connectivity index (χ2n) is 5.59. The highest BCUT2D eigenvalue weighted by Gasteiger charge is 2.15. The number of hydrogen-bond donors (Lipinski definition) is 1. The molecule has 2 aromatic carbocycles. The van der Waals surface area contributed by atoms with Crippen molar-refractivity contribution in [1.82, 2.24) is 0 Å². The highest BCUT2D eigenvalue weighted by atomic mass is 35.5. The molecule has 2 aromatic rings. The van der Waals surface area contributed by atoms with Crippen molar-refractivity contribution in [3.05, 3.63) is 64.7 Å². The van der Waals surface area contributed by atoms with Gasteiger partial charge in [-0.1, -0.05) is 48.0 Å². The monoisotopic (exact) mass is 303 g/mol. The molecule has 0 heterocycles. The molecule has 0 aliphatic rings. The first-order valence-electron chi connectivity index (χ1n) is 7.27. The molecular weight excluding hydrogens is 282 g/mol. The van der Waals surface area contributed by atoms with Crippen LogP contribution in [0.15, 0.2) is 48.5 Å². The lowest BCUT2D eigenvalue weighted by atomic mass is 10.1. The molecular formula is C18H22ClNO. The molecule has 0 saturated heterocycles. The van der Waals surface area contributed by atoms with Gasteiger partial charge in [0.05, 0.1) is 16.8 Å². The third-order valence-corrected chi connectivity index (χ3v) is 3.89. The molecule has 2 nitrogen and oxygen atoms in total. The van der Waals surface area contributed by atoms with Gasteiger partial charge in [-0.3, -0.25) is 0 Å². The molecule has 0 amide bonds. The van der Waals surface area contributed by atoms with Gasteiger partial charge < -0.3 is 10.0 Å². The van der Waals surface area contributed by atoms with Gasteiger partial charge in [0.2, 0.25) is 0 Å². The van der Waals surface area contributed by atoms with Gasteiger partial charge in [0, 0.05) is 12.6 Å². The van der Waals surface area contributed by atoms with Gasteiger partial charge in [-0.05, 0) is 44.0 Å². The Morgan fingerprint density at radius 1 is 1.05 bits per heavy atom. The first kappa shape index (κ1) is 15.9. The van der Waals surface area contributed by atoms with Crippen LogP contribution >= 0.6 is 11.6 Å². The highest BCUT2D eigenvalue weighted by Crippen LogP contribution is 2.31. The largest absolute Gasteiger partial charge is 0.389 e. The van der Waals surface area contributed by atoms with E-state index < -0.39 is 6.10 Å². The van der Waals surface area contributed by atoms with E-state index in [0.717, 1.165) is 17.8 Å². The minimum atomic E-state index is -0.502. The van der Waals surface area contributed by atoms with Crippen LogP contribution in [0.4, 0.5) is 5.69 Å². The molecule has 3 heteroatoms. The SMILES string of the molecule is CC(C)N(Cc1ccccc1)c1ccc([C@H](C)O)cc1Cl. The van der Waals surface area contributed by atoms with Crippen molar-refractivity contribution in [1.29, 1.82) is 0 Å². The number of rotatable bonds is 5. The fourth-order valence-corrected chi connectivity index (χ4v) is 2.64. The van der Waals surface area contributed by atoms with E-state index in [1.54, 1.807) is 6.92 Å². The predicted octanol–water partition coefficient (Wildman–Crippen LogP) is 4.81.